The van der Waals surface area contributed by atoms with Crippen molar-refractivity contribution in [3.8, 4) is 44.9 Å². The van der Waals surface area contributed by atoms with Crippen LogP contribution >= 0.6 is 7.75 Å². The maximum atomic E-state index is 14.6. The highest BCUT2D eigenvalue weighted by Gasteiger charge is 2.53. The maximum absolute atomic E-state index is 14.6. The van der Waals surface area contributed by atoms with Crippen LogP contribution in [0.4, 0.5) is 24.5 Å². The molecule has 7 rings (SSSR count). The molecule has 0 unspecified atom stereocenters. The highest BCUT2D eigenvalue weighted by molar-refractivity contribution is 7.95. The van der Waals surface area contributed by atoms with Gasteiger partial charge < -0.3 is 9.05 Å². The smallest absolute Gasteiger partial charge is 0.403 e. The first-order valence-electron chi connectivity index (χ1n) is 14.4. The zero-order valence-corrected chi connectivity index (χ0v) is 26.7. The van der Waals surface area contributed by atoms with Crippen LogP contribution in [-0.2, 0) is 14.6 Å². The van der Waals surface area contributed by atoms with Crippen LogP contribution in [0.1, 0.15) is 0 Å². The lowest BCUT2D eigenvalue weighted by atomic mass is 9.86. The van der Waals surface area contributed by atoms with E-state index in [4.69, 9.17) is 9.05 Å². The van der Waals surface area contributed by atoms with Gasteiger partial charge in [0.2, 0.25) is 0 Å². The number of nitro groups is 2. The quantitative estimate of drug-likeness (QED) is 0.100. The number of nitrogens with one attached hydrogen (secondary N) is 1. The molecule has 0 bridgehead atoms. The van der Waals surface area contributed by atoms with Crippen molar-refractivity contribution in [3.63, 3.8) is 0 Å². The van der Waals surface area contributed by atoms with Crippen LogP contribution in [0.3, 0.4) is 0 Å². The Morgan fingerprint density at radius 1 is 0.640 bits per heavy atom. The molecule has 0 saturated heterocycles. The fourth-order valence-corrected chi connectivity index (χ4v) is 8.58. The van der Waals surface area contributed by atoms with Crippen molar-refractivity contribution in [1.29, 1.82) is 0 Å². The first-order chi connectivity index (χ1) is 23.7. The molecule has 0 aromatic heterocycles. The van der Waals surface area contributed by atoms with Gasteiger partial charge in [0.05, 0.1) is 9.85 Å². The molecule has 0 amide bonds. The minimum Gasteiger partial charge on any atom is -0.403 e. The fraction of sp³-hybridized carbons (Fsp3) is 0.0303. The number of hydrogen-bond acceptors (Lipinski definition) is 9. The molecule has 0 radical (unpaired) electrons. The normalized spacial score (nSPS) is 13.8. The molecule has 0 atom stereocenters. The van der Waals surface area contributed by atoms with E-state index >= 15 is 0 Å². The topological polar surface area (TPSA) is 168 Å². The summed E-state index contributed by atoms with van der Waals surface area (Å²) in [6.07, 6.45) is 0. The highest BCUT2D eigenvalue weighted by atomic mass is 32.2. The number of fused-ring (bicyclic) bond motifs is 7. The first-order valence-corrected chi connectivity index (χ1v) is 17.4. The monoisotopic (exact) mass is 721 g/mol. The lowest BCUT2D eigenvalue weighted by Gasteiger charge is -2.22. The zero-order valence-electron chi connectivity index (χ0n) is 25.0. The van der Waals surface area contributed by atoms with Gasteiger partial charge in [-0.25, -0.2) is 13.0 Å². The first kappa shape index (κ1) is 32.7. The van der Waals surface area contributed by atoms with Gasteiger partial charge in [0.1, 0.15) is 11.5 Å². The van der Waals surface area contributed by atoms with E-state index < -0.39 is 33.1 Å². The molecule has 6 aromatic rings. The van der Waals surface area contributed by atoms with Crippen molar-refractivity contribution in [1.82, 2.24) is 4.49 Å². The molecule has 1 aliphatic rings. The molecule has 1 heterocycles. The van der Waals surface area contributed by atoms with Crippen LogP contribution < -0.4 is 13.5 Å². The minimum absolute atomic E-state index is 0.0984. The van der Waals surface area contributed by atoms with Crippen LogP contribution in [-0.4, -0.2) is 23.8 Å². The largest absolute Gasteiger partial charge is 0.526 e. The number of rotatable bonds is 6. The third-order valence-electron chi connectivity index (χ3n) is 7.99. The summed E-state index contributed by atoms with van der Waals surface area (Å²) in [7, 11) is -12.0. The van der Waals surface area contributed by atoms with E-state index in [0.717, 1.165) is 4.49 Å². The lowest BCUT2D eigenvalue weighted by molar-refractivity contribution is -0.385. The van der Waals surface area contributed by atoms with Crippen LogP contribution in [0.25, 0.3) is 54.9 Å². The Hall–Kier alpha value is -5.83. The Morgan fingerprint density at radius 3 is 1.38 bits per heavy atom. The second-order valence-electron chi connectivity index (χ2n) is 11.0. The van der Waals surface area contributed by atoms with E-state index in [2.05, 4.69) is 0 Å². The van der Waals surface area contributed by atoms with Gasteiger partial charge in [-0.15, -0.1) is 0 Å². The second kappa shape index (κ2) is 11.7. The number of hydrogen-bond donors (Lipinski definition) is 1. The van der Waals surface area contributed by atoms with E-state index in [1.165, 1.54) is 48.5 Å². The van der Waals surface area contributed by atoms with E-state index in [9.17, 15) is 46.4 Å². The molecular weight excluding hydrogens is 702 g/mol. The SMILES string of the molecule is O=[N+]([O-])c1ccc(-c2cc3ccccc3c3c2OP(=O)(NS(=O)(=O)C(F)(F)F)Oc2c(-c4ccc([N+](=O)[O-])cc4)cc4ccccc4c2-3)cc1. The van der Waals surface area contributed by atoms with Crippen molar-refractivity contribution in [2.75, 3.05) is 0 Å². The molecule has 50 heavy (non-hydrogen) atoms. The molecule has 17 heteroatoms. The van der Waals surface area contributed by atoms with Gasteiger partial charge in [-0.2, -0.15) is 13.2 Å². The van der Waals surface area contributed by atoms with Crippen molar-refractivity contribution >= 4 is 50.7 Å². The van der Waals surface area contributed by atoms with Gasteiger partial charge >= 0.3 is 23.3 Å². The van der Waals surface area contributed by atoms with Gasteiger partial charge in [0, 0.05) is 46.5 Å². The molecule has 0 aliphatic carbocycles. The van der Waals surface area contributed by atoms with Gasteiger partial charge in [0.25, 0.3) is 11.4 Å². The number of alkyl halides is 3. The predicted molar refractivity (Wildman–Crippen MR) is 178 cm³/mol. The summed E-state index contributed by atoms with van der Waals surface area (Å²) in [6.45, 7) is 0. The summed E-state index contributed by atoms with van der Waals surface area (Å²) >= 11 is 0. The standard InChI is InChI=1S/C33H19F3N3O9PS/c34-33(35,36)50(45,46)37-49(44)47-31-27(19-9-13-23(14-10-19)38(40)41)17-21-5-1-3-7-25(21)29(31)30-26-8-4-2-6-22(26)18-28(32(30)48-49)20-11-15-24(16-12-20)39(42)43/h1-18H,(H,37,44). The summed E-state index contributed by atoms with van der Waals surface area (Å²) in [5, 5.41) is 24.8. The van der Waals surface area contributed by atoms with E-state index in [0.29, 0.717) is 21.5 Å². The van der Waals surface area contributed by atoms with Crippen LogP contribution in [0.15, 0.2) is 109 Å². The molecule has 12 nitrogen and oxygen atoms in total. The van der Waals surface area contributed by atoms with Crippen molar-refractivity contribution < 1.29 is 45.0 Å². The Balaban J connectivity index is 1.64. The van der Waals surface area contributed by atoms with E-state index in [1.807, 2.05) is 0 Å². The molecule has 1 aliphatic heterocycles. The van der Waals surface area contributed by atoms with Gasteiger partial charge in [-0.05, 0) is 69.1 Å². The molecule has 6 aromatic carbocycles. The van der Waals surface area contributed by atoms with Crippen molar-refractivity contribution in [2.45, 2.75) is 5.51 Å². The Labute approximate surface area is 279 Å². The van der Waals surface area contributed by atoms with Gasteiger partial charge in [-0.3, -0.25) is 20.2 Å². The fourth-order valence-electron chi connectivity index (χ4n) is 5.79. The van der Waals surface area contributed by atoms with Crippen LogP contribution in [0, 0.1) is 20.2 Å². The summed E-state index contributed by atoms with van der Waals surface area (Å²) < 4.78 is 93.7. The highest BCUT2D eigenvalue weighted by Crippen LogP contribution is 2.62. The summed E-state index contributed by atoms with van der Waals surface area (Å²) in [5.41, 5.74) is -5.43. The predicted octanol–water partition coefficient (Wildman–Crippen LogP) is 9.13. The third kappa shape index (κ3) is 5.58. The summed E-state index contributed by atoms with van der Waals surface area (Å²) in [4.78, 5) is 21.5. The summed E-state index contributed by atoms with van der Waals surface area (Å²) in [5.74, 6) is -0.675. The van der Waals surface area contributed by atoms with Crippen LogP contribution in [0.5, 0.6) is 11.5 Å². The van der Waals surface area contributed by atoms with Gasteiger partial charge in [0.15, 0.2) is 0 Å². The van der Waals surface area contributed by atoms with E-state index in [1.54, 1.807) is 60.7 Å². The average Bonchev–Trinajstić information content (AvgIpc) is 3.21. The number of nitrogens with zero attached hydrogens (tertiary/aromatic N) is 2. The summed E-state index contributed by atoms with van der Waals surface area (Å²) in [6, 6.07) is 26.9. The third-order valence-corrected chi connectivity index (χ3v) is 11.3. The number of benzene rings is 6. The number of nitro benzene ring substituents is 2. The average molecular weight is 722 g/mol. The van der Waals surface area contributed by atoms with E-state index in [-0.39, 0.29) is 56.3 Å². The molecule has 252 valence electrons. The zero-order chi connectivity index (χ0) is 35.6. The maximum Gasteiger partial charge on any atom is 0.526 e. The lowest BCUT2D eigenvalue weighted by Crippen LogP contribution is -2.36. The molecular formula is C33H19F3N3O9PS. The second-order valence-corrected chi connectivity index (χ2v) is 14.6. The Morgan fingerprint density at radius 2 is 1.02 bits per heavy atom. The Kier molecular flexibility index (Phi) is 7.62. The van der Waals surface area contributed by atoms with Crippen molar-refractivity contribution in [3.05, 3.63) is 129 Å². The number of halogens is 3. The van der Waals surface area contributed by atoms with Gasteiger partial charge in [-0.1, -0.05) is 53.0 Å². The van der Waals surface area contributed by atoms with Crippen molar-refractivity contribution in [2.24, 2.45) is 0 Å². The number of sulfonamides is 1. The molecule has 1 N–H and O–H groups in total. The van der Waals surface area contributed by atoms with Crippen LogP contribution in [0.2, 0.25) is 0 Å². The number of non-ortho nitro benzene ring substituents is 2. The minimum atomic E-state index is -6.36. The molecule has 0 fully saturated rings. The molecule has 0 saturated carbocycles. The molecule has 0 spiro atoms. The Bertz CT molecular complexity index is 2410.